The normalized spacial score (nSPS) is 15.1. The maximum atomic E-state index is 12.7. The van der Waals surface area contributed by atoms with Gasteiger partial charge in [0.05, 0.1) is 5.41 Å². The second-order valence-electron chi connectivity index (χ2n) is 7.12. The minimum Gasteiger partial charge on any atom is -0.381 e. The van der Waals surface area contributed by atoms with Crippen LogP contribution in [0.5, 0.6) is 0 Å². The molecule has 0 unspecified atom stereocenters. The van der Waals surface area contributed by atoms with Gasteiger partial charge in [-0.1, -0.05) is 30.3 Å². The fourth-order valence-electron chi connectivity index (χ4n) is 3.32. The third-order valence-corrected chi connectivity index (χ3v) is 5.27. The number of hydrogen-bond donors (Lipinski definition) is 3. The fraction of sp³-hybridized carbons (Fsp3) is 0.364. The molecule has 0 saturated carbocycles. The first-order valence-corrected chi connectivity index (χ1v) is 9.64. The number of rotatable bonds is 7. The molecular weight excluding hydrogens is 390 g/mol. The molecule has 1 heterocycles. The molecule has 2 amide bonds. The van der Waals surface area contributed by atoms with Crippen LogP contribution >= 0.6 is 12.4 Å². The SMILES string of the molecule is Cl.NCC1(C(=O)Nc2ccc(C(=O)NCCc3ccccc3)cc2)CCOCC1. The van der Waals surface area contributed by atoms with Gasteiger partial charge in [-0.3, -0.25) is 9.59 Å². The van der Waals surface area contributed by atoms with Crippen LogP contribution in [0.15, 0.2) is 54.6 Å². The number of hydrogen-bond acceptors (Lipinski definition) is 4. The van der Waals surface area contributed by atoms with Gasteiger partial charge in [0, 0.05) is 37.6 Å². The number of carbonyl (C=O) groups excluding carboxylic acids is 2. The summed E-state index contributed by atoms with van der Waals surface area (Å²) in [6, 6.07) is 16.9. The lowest BCUT2D eigenvalue weighted by Crippen LogP contribution is -2.46. The van der Waals surface area contributed by atoms with Gasteiger partial charge in [-0.2, -0.15) is 0 Å². The topological polar surface area (TPSA) is 93.5 Å². The van der Waals surface area contributed by atoms with Gasteiger partial charge in [0.2, 0.25) is 5.91 Å². The fourth-order valence-corrected chi connectivity index (χ4v) is 3.32. The summed E-state index contributed by atoms with van der Waals surface area (Å²) in [4.78, 5) is 25.0. The van der Waals surface area contributed by atoms with E-state index in [1.807, 2.05) is 30.3 Å². The van der Waals surface area contributed by atoms with E-state index >= 15 is 0 Å². The van der Waals surface area contributed by atoms with E-state index in [2.05, 4.69) is 10.6 Å². The Labute approximate surface area is 177 Å². The summed E-state index contributed by atoms with van der Waals surface area (Å²) in [5.74, 6) is -0.213. The number of halogens is 1. The van der Waals surface area contributed by atoms with Crippen LogP contribution < -0.4 is 16.4 Å². The monoisotopic (exact) mass is 417 g/mol. The standard InChI is InChI=1S/C22H27N3O3.ClH/c23-16-22(11-14-28-15-12-22)21(27)25-19-8-6-18(7-9-19)20(26)24-13-10-17-4-2-1-3-5-17;/h1-9H,10-16,23H2,(H,24,26)(H,25,27);1H. The summed E-state index contributed by atoms with van der Waals surface area (Å²) in [6.07, 6.45) is 2.03. The Hall–Kier alpha value is -2.41. The minimum atomic E-state index is -0.578. The van der Waals surface area contributed by atoms with Crippen LogP contribution in [0, 0.1) is 5.41 Å². The summed E-state index contributed by atoms with van der Waals surface area (Å²) in [5, 5.41) is 5.85. The molecule has 0 aliphatic carbocycles. The molecule has 0 radical (unpaired) electrons. The van der Waals surface area contributed by atoms with Gasteiger partial charge in [-0.25, -0.2) is 0 Å². The lowest BCUT2D eigenvalue weighted by molar-refractivity contribution is -0.130. The Morgan fingerprint density at radius 3 is 2.28 bits per heavy atom. The van der Waals surface area contributed by atoms with Crippen LogP contribution in [-0.2, 0) is 16.0 Å². The Morgan fingerprint density at radius 2 is 1.66 bits per heavy atom. The summed E-state index contributed by atoms with van der Waals surface area (Å²) in [7, 11) is 0. The zero-order chi connectivity index (χ0) is 19.8. The van der Waals surface area contributed by atoms with Crippen molar-refractivity contribution >= 4 is 29.9 Å². The summed E-state index contributed by atoms with van der Waals surface area (Å²) >= 11 is 0. The molecule has 2 aromatic rings. The number of nitrogens with one attached hydrogen (secondary N) is 2. The van der Waals surface area contributed by atoms with E-state index in [9.17, 15) is 9.59 Å². The largest absolute Gasteiger partial charge is 0.381 e. The minimum absolute atomic E-state index is 0. The number of carbonyl (C=O) groups is 2. The number of anilines is 1. The predicted octanol–water partition coefficient (Wildman–Crippen LogP) is 2.77. The molecule has 0 spiro atoms. The van der Waals surface area contributed by atoms with Crippen molar-refractivity contribution in [1.82, 2.24) is 5.32 Å². The molecule has 0 atom stereocenters. The van der Waals surface area contributed by atoms with Crippen molar-refractivity contribution in [1.29, 1.82) is 0 Å². The van der Waals surface area contributed by atoms with Crippen LogP contribution in [0.4, 0.5) is 5.69 Å². The number of nitrogens with two attached hydrogens (primary N) is 1. The molecule has 4 N–H and O–H groups in total. The molecule has 1 saturated heterocycles. The van der Waals surface area contributed by atoms with Crippen molar-refractivity contribution < 1.29 is 14.3 Å². The zero-order valence-corrected chi connectivity index (χ0v) is 17.2. The van der Waals surface area contributed by atoms with Crippen LogP contribution in [-0.4, -0.2) is 38.1 Å². The van der Waals surface area contributed by atoms with Gasteiger partial charge in [-0.05, 0) is 49.1 Å². The molecule has 156 valence electrons. The smallest absolute Gasteiger partial charge is 0.251 e. The molecule has 6 nitrogen and oxygen atoms in total. The van der Waals surface area contributed by atoms with Gasteiger partial charge < -0.3 is 21.1 Å². The van der Waals surface area contributed by atoms with Crippen LogP contribution in [0.1, 0.15) is 28.8 Å². The summed E-state index contributed by atoms with van der Waals surface area (Å²) < 4.78 is 5.35. The first kappa shape index (κ1) is 22.9. The van der Waals surface area contributed by atoms with E-state index in [0.29, 0.717) is 50.4 Å². The molecule has 0 bridgehead atoms. The predicted molar refractivity (Wildman–Crippen MR) is 116 cm³/mol. The van der Waals surface area contributed by atoms with E-state index in [1.54, 1.807) is 24.3 Å². The van der Waals surface area contributed by atoms with Crippen molar-refractivity contribution in [2.24, 2.45) is 11.1 Å². The number of benzene rings is 2. The highest BCUT2D eigenvalue weighted by atomic mass is 35.5. The first-order chi connectivity index (χ1) is 13.6. The maximum Gasteiger partial charge on any atom is 0.251 e. The van der Waals surface area contributed by atoms with Gasteiger partial charge in [-0.15, -0.1) is 12.4 Å². The molecule has 7 heteroatoms. The lowest BCUT2D eigenvalue weighted by Gasteiger charge is -2.34. The van der Waals surface area contributed by atoms with Crippen LogP contribution in [0.25, 0.3) is 0 Å². The highest BCUT2D eigenvalue weighted by Crippen LogP contribution is 2.30. The second-order valence-corrected chi connectivity index (χ2v) is 7.12. The Kier molecular flexibility index (Phi) is 8.64. The van der Waals surface area contributed by atoms with Gasteiger partial charge in [0.1, 0.15) is 0 Å². The Balaban J connectivity index is 0.00000300. The molecule has 1 fully saturated rings. The van der Waals surface area contributed by atoms with Crippen molar-refractivity contribution in [3.8, 4) is 0 Å². The van der Waals surface area contributed by atoms with E-state index < -0.39 is 5.41 Å². The Bertz CT molecular complexity index is 791. The van der Waals surface area contributed by atoms with Gasteiger partial charge >= 0.3 is 0 Å². The van der Waals surface area contributed by atoms with E-state index in [1.165, 1.54) is 5.56 Å². The molecular formula is C22H28ClN3O3. The Morgan fingerprint density at radius 1 is 1.00 bits per heavy atom. The van der Waals surface area contributed by atoms with E-state index in [0.717, 1.165) is 6.42 Å². The van der Waals surface area contributed by atoms with Crippen LogP contribution in [0.2, 0.25) is 0 Å². The molecule has 1 aliphatic heterocycles. The molecule has 3 rings (SSSR count). The van der Waals surface area contributed by atoms with Crippen molar-refractivity contribution in [3.63, 3.8) is 0 Å². The third-order valence-electron chi connectivity index (χ3n) is 5.27. The first-order valence-electron chi connectivity index (χ1n) is 9.64. The van der Waals surface area contributed by atoms with E-state index in [-0.39, 0.29) is 24.2 Å². The maximum absolute atomic E-state index is 12.7. The summed E-state index contributed by atoms with van der Waals surface area (Å²) in [6.45, 7) is 1.96. The van der Waals surface area contributed by atoms with Crippen molar-refractivity contribution in [2.75, 3.05) is 31.6 Å². The third kappa shape index (κ3) is 6.03. The van der Waals surface area contributed by atoms with Crippen LogP contribution in [0.3, 0.4) is 0 Å². The highest BCUT2D eigenvalue weighted by molar-refractivity contribution is 5.97. The number of amides is 2. The number of ether oxygens (including phenoxy) is 1. The quantitative estimate of drug-likeness (QED) is 0.645. The molecule has 0 aromatic heterocycles. The van der Waals surface area contributed by atoms with Crippen molar-refractivity contribution in [2.45, 2.75) is 19.3 Å². The van der Waals surface area contributed by atoms with E-state index in [4.69, 9.17) is 10.5 Å². The average Bonchev–Trinajstić information content (AvgIpc) is 2.75. The molecule has 2 aromatic carbocycles. The molecule has 1 aliphatic rings. The van der Waals surface area contributed by atoms with Crippen molar-refractivity contribution in [3.05, 3.63) is 65.7 Å². The average molecular weight is 418 g/mol. The summed E-state index contributed by atoms with van der Waals surface area (Å²) in [5.41, 5.74) is 7.70. The second kappa shape index (κ2) is 11.0. The molecule has 29 heavy (non-hydrogen) atoms. The highest BCUT2D eigenvalue weighted by Gasteiger charge is 2.38. The van der Waals surface area contributed by atoms with Gasteiger partial charge in [0.25, 0.3) is 5.91 Å². The van der Waals surface area contributed by atoms with Gasteiger partial charge in [0.15, 0.2) is 0 Å². The lowest BCUT2D eigenvalue weighted by atomic mass is 9.79. The zero-order valence-electron chi connectivity index (χ0n) is 16.4.